The normalized spacial score (nSPS) is 10.5. The van der Waals surface area contributed by atoms with Crippen molar-refractivity contribution in [2.45, 2.75) is 6.61 Å². The van der Waals surface area contributed by atoms with Crippen molar-refractivity contribution in [2.24, 2.45) is 0 Å². The highest BCUT2D eigenvalue weighted by atomic mass is 35.5. The number of halogens is 3. The SMILES string of the molecule is O=[N+]([O-])c1c(Cl)ncnc1Nc1ccc(OC(F)F)cc1. The lowest BCUT2D eigenvalue weighted by Gasteiger charge is -2.08. The molecule has 0 radical (unpaired) electrons. The van der Waals surface area contributed by atoms with Gasteiger partial charge in [-0.2, -0.15) is 8.78 Å². The molecule has 2 rings (SSSR count). The molecule has 2 aromatic rings. The number of anilines is 2. The number of ether oxygens (including phenoxy) is 1. The van der Waals surface area contributed by atoms with Gasteiger partial charge >= 0.3 is 12.3 Å². The van der Waals surface area contributed by atoms with Gasteiger partial charge in [-0.15, -0.1) is 0 Å². The molecule has 0 saturated carbocycles. The lowest BCUT2D eigenvalue weighted by atomic mass is 10.3. The van der Waals surface area contributed by atoms with Crippen LogP contribution in [-0.2, 0) is 0 Å². The first kappa shape index (κ1) is 14.9. The average molecular weight is 317 g/mol. The predicted molar refractivity (Wildman–Crippen MR) is 70.1 cm³/mol. The first-order valence-electron chi connectivity index (χ1n) is 5.44. The van der Waals surface area contributed by atoms with E-state index in [2.05, 4.69) is 20.0 Å². The van der Waals surface area contributed by atoms with Gasteiger partial charge in [-0.05, 0) is 24.3 Å². The molecule has 0 unspecified atom stereocenters. The Kier molecular flexibility index (Phi) is 4.43. The van der Waals surface area contributed by atoms with E-state index in [1.165, 1.54) is 24.3 Å². The number of nitrogens with zero attached hydrogens (tertiary/aromatic N) is 3. The maximum Gasteiger partial charge on any atom is 0.387 e. The fourth-order valence-corrected chi connectivity index (χ4v) is 1.67. The molecule has 10 heteroatoms. The van der Waals surface area contributed by atoms with Crippen molar-refractivity contribution in [3.63, 3.8) is 0 Å². The molecular weight excluding hydrogens is 310 g/mol. The Hall–Kier alpha value is -2.55. The predicted octanol–water partition coefficient (Wildman–Crippen LogP) is 3.38. The van der Waals surface area contributed by atoms with Gasteiger partial charge in [0.25, 0.3) is 0 Å². The summed E-state index contributed by atoms with van der Waals surface area (Å²) in [6.45, 7) is -2.93. The number of rotatable bonds is 5. The number of alkyl halides is 2. The minimum absolute atomic E-state index is 0.0363. The molecule has 7 nitrogen and oxygen atoms in total. The van der Waals surface area contributed by atoms with Crippen LogP contribution in [0.15, 0.2) is 30.6 Å². The molecule has 1 aromatic carbocycles. The van der Waals surface area contributed by atoms with Crippen LogP contribution in [0.1, 0.15) is 0 Å². The van der Waals surface area contributed by atoms with Crippen LogP contribution >= 0.6 is 11.6 Å². The third-order valence-electron chi connectivity index (χ3n) is 2.30. The van der Waals surface area contributed by atoms with Crippen molar-refractivity contribution in [3.8, 4) is 5.75 Å². The van der Waals surface area contributed by atoms with E-state index in [-0.39, 0.29) is 16.7 Å². The lowest BCUT2D eigenvalue weighted by Crippen LogP contribution is -2.03. The molecule has 0 spiro atoms. The number of hydrogen-bond donors (Lipinski definition) is 1. The van der Waals surface area contributed by atoms with Crippen molar-refractivity contribution in [2.75, 3.05) is 5.32 Å². The van der Waals surface area contributed by atoms with Crippen LogP contribution in [0.3, 0.4) is 0 Å². The fraction of sp³-hybridized carbons (Fsp3) is 0.0909. The maximum absolute atomic E-state index is 12.0. The molecule has 0 aliphatic heterocycles. The van der Waals surface area contributed by atoms with Crippen molar-refractivity contribution in [1.29, 1.82) is 0 Å². The molecule has 110 valence electrons. The Balaban J connectivity index is 2.22. The Morgan fingerprint density at radius 1 is 1.29 bits per heavy atom. The average Bonchev–Trinajstić information content (AvgIpc) is 2.40. The number of hydrogen-bond acceptors (Lipinski definition) is 6. The summed E-state index contributed by atoms with van der Waals surface area (Å²) in [4.78, 5) is 17.4. The van der Waals surface area contributed by atoms with Crippen molar-refractivity contribution >= 4 is 28.8 Å². The molecule has 21 heavy (non-hydrogen) atoms. The van der Waals surface area contributed by atoms with Gasteiger partial charge in [0.15, 0.2) is 0 Å². The molecule has 0 aliphatic rings. The van der Waals surface area contributed by atoms with Gasteiger partial charge < -0.3 is 10.1 Å². The Labute approximate surface area is 121 Å². The van der Waals surface area contributed by atoms with Crippen molar-refractivity contribution in [3.05, 3.63) is 45.9 Å². The summed E-state index contributed by atoms with van der Waals surface area (Å²) in [5.41, 5.74) is -0.0958. The molecule has 0 fully saturated rings. The summed E-state index contributed by atoms with van der Waals surface area (Å²) < 4.78 is 28.2. The van der Waals surface area contributed by atoms with E-state index in [0.717, 1.165) is 6.33 Å². The second-order valence-corrected chi connectivity index (χ2v) is 4.00. The van der Waals surface area contributed by atoms with Crippen LogP contribution in [-0.4, -0.2) is 21.5 Å². The summed E-state index contributed by atoms with van der Waals surface area (Å²) in [7, 11) is 0. The Morgan fingerprint density at radius 3 is 2.52 bits per heavy atom. The summed E-state index contributed by atoms with van der Waals surface area (Å²) in [5, 5.41) is 13.3. The topological polar surface area (TPSA) is 90.2 Å². The largest absolute Gasteiger partial charge is 0.435 e. The first-order chi connectivity index (χ1) is 9.97. The second-order valence-electron chi connectivity index (χ2n) is 3.65. The Bertz CT molecular complexity index is 654. The molecule has 0 aliphatic carbocycles. The number of nitrogens with one attached hydrogen (secondary N) is 1. The number of aromatic nitrogens is 2. The number of nitro groups is 1. The zero-order chi connectivity index (χ0) is 15.4. The second kappa shape index (κ2) is 6.27. The van der Waals surface area contributed by atoms with E-state index < -0.39 is 17.2 Å². The van der Waals surface area contributed by atoms with Crippen LogP contribution in [0.4, 0.5) is 26.0 Å². The molecule has 0 saturated heterocycles. The van der Waals surface area contributed by atoms with Gasteiger partial charge in [-0.1, -0.05) is 11.6 Å². The highest BCUT2D eigenvalue weighted by Gasteiger charge is 2.21. The van der Waals surface area contributed by atoms with Gasteiger partial charge in [0.2, 0.25) is 11.0 Å². The first-order valence-corrected chi connectivity index (χ1v) is 5.82. The Morgan fingerprint density at radius 2 is 1.95 bits per heavy atom. The van der Waals surface area contributed by atoms with Crippen molar-refractivity contribution in [1.82, 2.24) is 9.97 Å². The minimum atomic E-state index is -2.93. The highest BCUT2D eigenvalue weighted by molar-refractivity contribution is 6.31. The third kappa shape index (κ3) is 3.72. The van der Waals surface area contributed by atoms with E-state index in [1.54, 1.807) is 0 Å². The molecule has 0 atom stereocenters. The summed E-state index contributed by atoms with van der Waals surface area (Å²) in [6.07, 6.45) is 1.06. The van der Waals surface area contributed by atoms with Crippen LogP contribution < -0.4 is 10.1 Å². The van der Waals surface area contributed by atoms with E-state index in [4.69, 9.17) is 11.6 Å². The summed E-state index contributed by atoms with van der Waals surface area (Å²) in [5.74, 6) is -0.145. The van der Waals surface area contributed by atoms with Gasteiger partial charge in [0.05, 0.1) is 4.92 Å². The van der Waals surface area contributed by atoms with Crippen molar-refractivity contribution < 1.29 is 18.4 Å². The summed E-state index contributed by atoms with van der Waals surface area (Å²) in [6, 6.07) is 5.36. The number of benzene rings is 1. The minimum Gasteiger partial charge on any atom is -0.435 e. The highest BCUT2D eigenvalue weighted by Crippen LogP contribution is 2.31. The fourth-order valence-electron chi connectivity index (χ4n) is 1.47. The van der Waals surface area contributed by atoms with E-state index in [0.29, 0.717) is 5.69 Å². The lowest BCUT2D eigenvalue weighted by molar-refractivity contribution is -0.384. The van der Waals surface area contributed by atoms with Crippen LogP contribution in [0, 0.1) is 10.1 Å². The zero-order valence-corrected chi connectivity index (χ0v) is 10.9. The van der Waals surface area contributed by atoms with E-state index in [1.807, 2.05) is 0 Å². The van der Waals surface area contributed by atoms with E-state index >= 15 is 0 Å². The smallest absolute Gasteiger partial charge is 0.387 e. The van der Waals surface area contributed by atoms with Crippen LogP contribution in [0.25, 0.3) is 0 Å². The monoisotopic (exact) mass is 316 g/mol. The molecular formula is C11H7ClF2N4O3. The van der Waals surface area contributed by atoms with Crippen LogP contribution in [0.5, 0.6) is 5.75 Å². The molecule has 1 aromatic heterocycles. The molecule has 1 N–H and O–H groups in total. The third-order valence-corrected chi connectivity index (χ3v) is 2.58. The zero-order valence-electron chi connectivity index (χ0n) is 10.2. The van der Waals surface area contributed by atoms with Gasteiger partial charge in [0, 0.05) is 5.69 Å². The standard InChI is InChI=1S/C11H7ClF2N4O3/c12-9-8(18(19)20)10(16-5-15-9)17-6-1-3-7(4-2-6)21-11(13)14/h1-5,11H,(H,15,16,17). The van der Waals surface area contributed by atoms with Gasteiger partial charge in [-0.3, -0.25) is 10.1 Å². The van der Waals surface area contributed by atoms with Gasteiger partial charge in [0.1, 0.15) is 12.1 Å². The molecule has 1 heterocycles. The van der Waals surface area contributed by atoms with E-state index in [9.17, 15) is 18.9 Å². The maximum atomic E-state index is 12.0. The molecule has 0 amide bonds. The molecule has 0 bridgehead atoms. The summed E-state index contributed by atoms with van der Waals surface area (Å²) >= 11 is 5.64. The quantitative estimate of drug-likeness (QED) is 0.516. The van der Waals surface area contributed by atoms with Gasteiger partial charge in [-0.25, -0.2) is 9.97 Å². The van der Waals surface area contributed by atoms with Crippen LogP contribution in [0.2, 0.25) is 5.15 Å².